The molecule has 0 saturated heterocycles. The second kappa shape index (κ2) is 14.2. The van der Waals surface area contributed by atoms with E-state index in [1.54, 1.807) is 11.3 Å². The molecule has 5 heterocycles. The van der Waals surface area contributed by atoms with Gasteiger partial charge in [0.25, 0.3) is 0 Å². The molecule has 0 bridgehead atoms. The summed E-state index contributed by atoms with van der Waals surface area (Å²) in [7, 11) is 0. The minimum atomic E-state index is 0.513. The molecule has 0 spiro atoms. The van der Waals surface area contributed by atoms with Crippen LogP contribution in [0.1, 0.15) is 0 Å². The molecule has 0 unspecified atom stereocenters. The van der Waals surface area contributed by atoms with Crippen LogP contribution in [0.4, 0.5) is 0 Å². The summed E-state index contributed by atoms with van der Waals surface area (Å²) in [5.41, 5.74) is 8.37. The Kier molecular flexibility index (Phi) is 7.67. The molecule has 7 heteroatoms. The summed E-state index contributed by atoms with van der Waals surface area (Å²) < 4.78 is 14.4. The number of rotatable bonds is 4. The largest absolute Gasteiger partial charge is 0.455 e. The van der Waals surface area contributed by atoms with Crippen LogP contribution in [-0.2, 0) is 0 Å². The maximum atomic E-state index is 7.37. The van der Waals surface area contributed by atoms with Crippen molar-refractivity contribution in [1.82, 2.24) is 24.1 Å². The van der Waals surface area contributed by atoms with E-state index in [-0.39, 0.29) is 0 Å². The Morgan fingerprint density at radius 3 is 1.74 bits per heavy atom. The van der Waals surface area contributed by atoms with Crippen LogP contribution in [0.3, 0.4) is 0 Å². The standard InChI is InChI=1S/C63H35N5OS/c1-2-17-39-35-53-48(34-38(39)16-1)56-40-18-5-3-14-36(40)29-32-51(56)67(53)52-33-31-45-44-30-28-37-15-4-6-19-41(37)59(44)69-60(45)58(52)62-64-61(47-23-13-27-55-57(47)46-22-9-12-26-54(46)70-55)65-63(66-62)68-49-24-10-7-20-42(49)43-21-8-11-25-50(43)68/h1-35H. The van der Waals surface area contributed by atoms with E-state index in [9.17, 15) is 0 Å². The third-order valence-electron chi connectivity index (χ3n) is 14.5. The van der Waals surface area contributed by atoms with Gasteiger partial charge in [-0.05, 0) is 87.6 Å². The Morgan fingerprint density at radius 2 is 0.943 bits per heavy atom. The molecule has 0 aliphatic rings. The second-order valence-electron chi connectivity index (χ2n) is 18.3. The van der Waals surface area contributed by atoms with Gasteiger partial charge >= 0.3 is 0 Å². The lowest BCUT2D eigenvalue weighted by molar-refractivity contribution is 0.673. The number of hydrogen-bond acceptors (Lipinski definition) is 5. The fraction of sp³-hybridized carbons (Fsp3) is 0. The average Bonchev–Trinajstić information content (AvgIpc) is 4.18. The first-order valence-corrected chi connectivity index (χ1v) is 24.4. The average molecular weight is 910 g/mol. The summed E-state index contributed by atoms with van der Waals surface area (Å²) in [6.45, 7) is 0. The molecule has 70 heavy (non-hydrogen) atoms. The zero-order valence-electron chi connectivity index (χ0n) is 37.3. The number of benzene rings is 11. The van der Waals surface area contributed by atoms with Gasteiger partial charge in [0.1, 0.15) is 11.2 Å². The fourth-order valence-electron chi connectivity index (χ4n) is 11.5. The van der Waals surface area contributed by atoms with Gasteiger partial charge in [0.05, 0.1) is 33.3 Å². The van der Waals surface area contributed by atoms with Gasteiger partial charge in [-0.1, -0.05) is 152 Å². The zero-order chi connectivity index (χ0) is 45.6. The molecular weight excluding hydrogens is 875 g/mol. The van der Waals surface area contributed by atoms with Gasteiger partial charge in [-0.25, -0.2) is 4.98 Å². The van der Waals surface area contributed by atoms with Crippen LogP contribution in [0.2, 0.25) is 0 Å². The molecule has 0 aliphatic heterocycles. The first-order chi connectivity index (χ1) is 34.7. The SMILES string of the molecule is c1ccc2cc3c(cc2c1)c1c2ccccc2ccc1n3-c1ccc2c(oc3c4ccccc4ccc23)c1-c1nc(-c2cccc3sc4ccccc4c23)nc(-n2c3ccccc3c3ccccc32)n1. The monoisotopic (exact) mass is 909 g/mol. The highest BCUT2D eigenvalue weighted by Crippen LogP contribution is 2.47. The Labute approximate surface area is 402 Å². The molecule has 16 rings (SSSR count). The molecule has 0 radical (unpaired) electrons. The van der Waals surface area contributed by atoms with Crippen molar-refractivity contribution in [3.8, 4) is 34.4 Å². The van der Waals surface area contributed by atoms with Crippen molar-refractivity contribution in [3.05, 3.63) is 212 Å². The molecule has 6 nitrogen and oxygen atoms in total. The number of furan rings is 1. The van der Waals surface area contributed by atoms with E-state index >= 15 is 0 Å². The van der Waals surface area contributed by atoms with Crippen LogP contribution in [0, 0.1) is 0 Å². The molecule has 5 aromatic heterocycles. The summed E-state index contributed by atoms with van der Waals surface area (Å²) in [6, 6.07) is 76.1. The molecule has 0 atom stereocenters. The predicted molar refractivity (Wildman–Crippen MR) is 292 cm³/mol. The summed E-state index contributed by atoms with van der Waals surface area (Å²) in [5.74, 6) is 1.62. The number of aromatic nitrogens is 5. The highest BCUT2D eigenvalue weighted by molar-refractivity contribution is 7.25. The van der Waals surface area contributed by atoms with E-state index < -0.39 is 0 Å². The normalized spacial score (nSPS) is 12.3. The van der Waals surface area contributed by atoms with Gasteiger partial charge in [0.15, 0.2) is 11.6 Å². The van der Waals surface area contributed by atoms with Crippen LogP contribution < -0.4 is 0 Å². The first kappa shape index (κ1) is 37.9. The van der Waals surface area contributed by atoms with Crippen molar-refractivity contribution in [2.45, 2.75) is 0 Å². The fourth-order valence-corrected chi connectivity index (χ4v) is 12.6. The van der Waals surface area contributed by atoms with Crippen LogP contribution in [0.15, 0.2) is 217 Å². The molecule has 324 valence electrons. The molecular formula is C63H35N5OS. The minimum Gasteiger partial charge on any atom is -0.455 e. The zero-order valence-corrected chi connectivity index (χ0v) is 38.1. The van der Waals surface area contributed by atoms with Crippen molar-refractivity contribution < 1.29 is 4.42 Å². The topological polar surface area (TPSA) is 61.7 Å². The van der Waals surface area contributed by atoms with Crippen molar-refractivity contribution in [1.29, 1.82) is 0 Å². The summed E-state index contributed by atoms with van der Waals surface area (Å²) in [4.78, 5) is 16.9. The van der Waals surface area contributed by atoms with Crippen LogP contribution in [-0.4, -0.2) is 24.1 Å². The van der Waals surface area contributed by atoms with Gasteiger partial charge in [0, 0.05) is 63.4 Å². The Morgan fingerprint density at radius 1 is 0.343 bits per heavy atom. The predicted octanol–water partition coefficient (Wildman–Crippen LogP) is 17.1. The highest BCUT2D eigenvalue weighted by atomic mass is 32.1. The Hall–Kier alpha value is -9.17. The molecule has 0 fully saturated rings. The third-order valence-corrected chi connectivity index (χ3v) is 15.7. The maximum Gasteiger partial charge on any atom is 0.238 e. The van der Waals surface area contributed by atoms with Gasteiger partial charge in [-0.2, -0.15) is 9.97 Å². The molecule has 0 N–H and O–H groups in total. The van der Waals surface area contributed by atoms with Crippen molar-refractivity contribution >= 4 is 129 Å². The molecule has 16 aromatic rings. The summed E-state index contributed by atoms with van der Waals surface area (Å²) in [6.07, 6.45) is 0. The maximum absolute atomic E-state index is 7.37. The number of hydrogen-bond donors (Lipinski definition) is 0. The quantitative estimate of drug-likeness (QED) is 0.176. The van der Waals surface area contributed by atoms with Crippen LogP contribution >= 0.6 is 11.3 Å². The molecule has 0 amide bonds. The van der Waals surface area contributed by atoms with Gasteiger partial charge < -0.3 is 8.98 Å². The van der Waals surface area contributed by atoms with Gasteiger partial charge in [-0.3, -0.25) is 4.57 Å². The number of nitrogens with zero attached hydrogens (tertiary/aromatic N) is 5. The van der Waals surface area contributed by atoms with Gasteiger partial charge in [-0.15, -0.1) is 11.3 Å². The molecule has 0 aliphatic carbocycles. The van der Waals surface area contributed by atoms with E-state index in [0.717, 1.165) is 87.6 Å². The highest BCUT2D eigenvalue weighted by Gasteiger charge is 2.27. The lowest BCUT2D eigenvalue weighted by Gasteiger charge is -2.16. The minimum absolute atomic E-state index is 0.513. The summed E-state index contributed by atoms with van der Waals surface area (Å²) >= 11 is 1.79. The van der Waals surface area contributed by atoms with Crippen molar-refractivity contribution in [3.63, 3.8) is 0 Å². The van der Waals surface area contributed by atoms with Gasteiger partial charge in [0.2, 0.25) is 5.95 Å². The van der Waals surface area contributed by atoms with Crippen molar-refractivity contribution in [2.75, 3.05) is 0 Å². The van der Waals surface area contributed by atoms with Crippen LogP contribution in [0.25, 0.3) is 152 Å². The van der Waals surface area contributed by atoms with E-state index in [1.165, 1.54) is 41.7 Å². The lowest BCUT2D eigenvalue weighted by Crippen LogP contribution is -2.08. The summed E-state index contributed by atoms with van der Waals surface area (Å²) in [5, 5.41) is 15.9. The van der Waals surface area contributed by atoms with E-state index in [2.05, 4.69) is 221 Å². The molecule has 11 aromatic carbocycles. The Balaban J connectivity index is 1.10. The lowest BCUT2D eigenvalue weighted by atomic mass is 10.0. The van der Waals surface area contributed by atoms with Crippen LogP contribution in [0.5, 0.6) is 0 Å². The number of fused-ring (bicyclic) bond motifs is 17. The van der Waals surface area contributed by atoms with Crippen molar-refractivity contribution in [2.24, 2.45) is 0 Å². The van der Waals surface area contributed by atoms with E-state index in [1.807, 2.05) is 0 Å². The first-order valence-electron chi connectivity index (χ1n) is 23.6. The number of thiophene rings is 1. The second-order valence-corrected chi connectivity index (χ2v) is 19.3. The smallest absolute Gasteiger partial charge is 0.238 e. The number of para-hydroxylation sites is 2. The Bertz CT molecular complexity index is 4860. The van der Waals surface area contributed by atoms with E-state index in [4.69, 9.17) is 19.4 Å². The third kappa shape index (κ3) is 5.24. The van der Waals surface area contributed by atoms with E-state index in [0.29, 0.717) is 23.2 Å². The molecule has 0 saturated carbocycles.